The average Bonchev–Trinajstić information content (AvgIpc) is 2.34. The number of hydrogen-bond donors (Lipinski definition) is 3. The molecule has 0 aliphatic rings. The molecule has 0 saturated heterocycles. The van der Waals surface area contributed by atoms with Crippen molar-refractivity contribution >= 4 is 0 Å². The summed E-state index contributed by atoms with van der Waals surface area (Å²) in [5, 5.41) is 21.8. The fraction of sp³-hybridized carbons (Fsp3) is 0.583. The molecule has 4 heteroatoms. The number of nitrogens with zero attached hydrogens (tertiary/aromatic N) is 1. The second-order valence-corrected chi connectivity index (χ2v) is 4.01. The van der Waals surface area contributed by atoms with Crippen molar-refractivity contribution in [1.82, 2.24) is 10.3 Å². The first kappa shape index (κ1) is 12.9. The molecule has 0 bridgehead atoms. The predicted molar refractivity (Wildman–Crippen MR) is 63.1 cm³/mol. The van der Waals surface area contributed by atoms with Crippen LogP contribution in [0.4, 0.5) is 0 Å². The van der Waals surface area contributed by atoms with Crippen LogP contribution in [0.25, 0.3) is 0 Å². The Kier molecular flexibility index (Phi) is 4.71. The summed E-state index contributed by atoms with van der Waals surface area (Å²) >= 11 is 0. The molecular formula is C12H20N2O2. The van der Waals surface area contributed by atoms with Gasteiger partial charge in [-0.05, 0) is 25.0 Å². The summed E-state index contributed by atoms with van der Waals surface area (Å²) in [5.41, 5.74) is 0.636. The van der Waals surface area contributed by atoms with Crippen LogP contribution >= 0.6 is 0 Å². The van der Waals surface area contributed by atoms with E-state index in [9.17, 15) is 5.11 Å². The van der Waals surface area contributed by atoms with Crippen molar-refractivity contribution in [3.8, 4) is 5.75 Å². The van der Waals surface area contributed by atoms with E-state index in [0.29, 0.717) is 6.54 Å². The number of aliphatic hydroxyl groups excluding tert-OH is 1. The van der Waals surface area contributed by atoms with Crippen molar-refractivity contribution in [2.24, 2.45) is 0 Å². The molecule has 0 amide bonds. The number of rotatable bonds is 6. The monoisotopic (exact) mass is 224 g/mol. The van der Waals surface area contributed by atoms with Crippen molar-refractivity contribution in [3.05, 3.63) is 24.0 Å². The molecule has 16 heavy (non-hydrogen) atoms. The first-order valence-electron chi connectivity index (χ1n) is 5.65. The highest BCUT2D eigenvalue weighted by atomic mass is 16.3. The largest absolute Gasteiger partial charge is 0.506 e. The van der Waals surface area contributed by atoms with E-state index in [1.54, 1.807) is 12.1 Å². The van der Waals surface area contributed by atoms with E-state index >= 15 is 0 Å². The van der Waals surface area contributed by atoms with Crippen molar-refractivity contribution in [2.75, 3.05) is 6.61 Å². The van der Waals surface area contributed by atoms with Crippen LogP contribution in [0, 0.1) is 0 Å². The average molecular weight is 224 g/mol. The van der Waals surface area contributed by atoms with E-state index in [-0.39, 0.29) is 17.9 Å². The van der Waals surface area contributed by atoms with Gasteiger partial charge in [-0.3, -0.25) is 4.98 Å². The summed E-state index contributed by atoms with van der Waals surface area (Å²) in [7, 11) is 0. The van der Waals surface area contributed by atoms with Crippen molar-refractivity contribution in [1.29, 1.82) is 0 Å². The van der Waals surface area contributed by atoms with Crippen molar-refractivity contribution in [2.45, 2.75) is 38.8 Å². The van der Waals surface area contributed by atoms with Gasteiger partial charge in [0.15, 0.2) is 0 Å². The maximum Gasteiger partial charge on any atom is 0.133 e. The highest BCUT2D eigenvalue weighted by Crippen LogP contribution is 2.15. The molecule has 0 saturated carbocycles. The van der Waals surface area contributed by atoms with Crippen LogP contribution in [0.5, 0.6) is 5.75 Å². The summed E-state index contributed by atoms with van der Waals surface area (Å²) in [6.07, 6.45) is 3.17. The molecule has 0 aliphatic carbocycles. The zero-order chi connectivity index (χ0) is 12.0. The molecule has 3 N–H and O–H groups in total. The van der Waals surface area contributed by atoms with Crippen LogP contribution in [0.3, 0.4) is 0 Å². The lowest BCUT2D eigenvalue weighted by Gasteiger charge is -2.30. The number of pyridine rings is 1. The Labute approximate surface area is 96.3 Å². The highest BCUT2D eigenvalue weighted by Gasteiger charge is 2.24. The summed E-state index contributed by atoms with van der Waals surface area (Å²) < 4.78 is 0. The van der Waals surface area contributed by atoms with Crippen molar-refractivity contribution < 1.29 is 10.2 Å². The summed E-state index contributed by atoms with van der Waals surface area (Å²) in [5.74, 6) is 0.170. The van der Waals surface area contributed by atoms with Gasteiger partial charge in [-0.1, -0.05) is 13.8 Å². The molecule has 0 fully saturated rings. The van der Waals surface area contributed by atoms with Crippen LogP contribution < -0.4 is 5.32 Å². The molecule has 0 radical (unpaired) electrons. The van der Waals surface area contributed by atoms with E-state index in [1.165, 1.54) is 6.20 Å². The van der Waals surface area contributed by atoms with Gasteiger partial charge in [0, 0.05) is 12.1 Å². The standard InChI is InChI=1S/C12H20N2O2/c1-3-12(4-2,9-15)14-7-10-5-6-11(16)8-13-10/h5-6,8,14-16H,3-4,7,9H2,1-2H3. The Balaban J connectivity index is 2.58. The van der Waals surface area contributed by atoms with Gasteiger partial charge in [-0.2, -0.15) is 0 Å². The molecule has 4 nitrogen and oxygen atoms in total. The third kappa shape index (κ3) is 3.18. The smallest absolute Gasteiger partial charge is 0.133 e. The molecule has 1 heterocycles. The Morgan fingerprint density at radius 2 is 2.00 bits per heavy atom. The number of nitrogens with one attached hydrogen (secondary N) is 1. The normalized spacial score (nSPS) is 11.7. The van der Waals surface area contributed by atoms with Gasteiger partial charge in [-0.15, -0.1) is 0 Å². The number of aliphatic hydroxyl groups is 1. The minimum atomic E-state index is -0.223. The Bertz CT molecular complexity index is 299. The fourth-order valence-electron chi connectivity index (χ4n) is 1.58. The number of aromatic nitrogens is 1. The van der Waals surface area contributed by atoms with Gasteiger partial charge in [0.05, 0.1) is 18.5 Å². The molecule has 1 aromatic rings. The SMILES string of the molecule is CCC(CC)(CO)NCc1ccc(O)cn1. The molecule has 0 spiro atoms. The molecule has 1 rings (SSSR count). The quantitative estimate of drug-likeness (QED) is 0.684. The van der Waals surface area contributed by atoms with E-state index in [4.69, 9.17) is 5.11 Å². The summed E-state index contributed by atoms with van der Waals surface area (Å²) in [6.45, 7) is 4.83. The van der Waals surface area contributed by atoms with E-state index < -0.39 is 0 Å². The molecular weight excluding hydrogens is 204 g/mol. The molecule has 0 atom stereocenters. The molecule has 0 aromatic carbocycles. The lowest BCUT2D eigenvalue weighted by atomic mass is 9.94. The van der Waals surface area contributed by atoms with Gasteiger partial charge >= 0.3 is 0 Å². The minimum Gasteiger partial charge on any atom is -0.506 e. The van der Waals surface area contributed by atoms with Crippen LogP contribution in [0.1, 0.15) is 32.4 Å². The maximum absolute atomic E-state index is 9.38. The maximum atomic E-state index is 9.38. The summed E-state index contributed by atoms with van der Waals surface area (Å²) in [6, 6.07) is 3.39. The topological polar surface area (TPSA) is 65.4 Å². The van der Waals surface area contributed by atoms with E-state index in [1.807, 2.05) is 0 Å². The zero-order valence-corrected chi connectivity index (χ0v) is 9.90. The minimum absolute atomic E-state index is 0.123. The number of aromatic hydroxyl groups is 1. The Hall–Kier alpha value is -1.13. The predicted octanol–water partition coefficient (Wildman–Crippen LogP) is 1.43. The number of hydrogen-bond acceptors (Lipinski definition) is 4. The highest BCUT2D eigenvalue weighted by molar-refractivity contribution is 5.17. The first-order valence-corrected chi connectivity index (χ1v) is 5.65. The molecule has 1 aromatic heterocycles. The van der Waals surface area contributed by atoms with Gasteiger partial charge in [-0.25, -0.2) is 0 Å². The van der Waals surface area contributed by atoms with Gasteiger partial charge in [0.25, 0.3) is 0 Å². The van der Waals surface area contributed by atoms with Crippen LogP contribution in [-0.4, -0.2) is 27.3 Å². The lowest BCUT2D eigenvalue weighted by Crippen LogP contribution is -2.47. The van der Waals surface area contributed by atoms with Gasteiger partial charge < -0.3 is 15.5 Å². The second-order valence-electron chi connectivity index (χ2n) is 4.01. The molecule has 0 unspecified atom stereocenters. The van der Waals surface area contributed by atoms with Crippen LogP contribution in [0.15, 0.2) is 18.3 Å². The van der Waals surface area contributed by atoms with Crippen molar-refractivity contribution in [3.63, 3.8) is 0 Å². The van der Waals surface area contributed by atoms with E-state index in [0.717, 1.165) is 18.5 Å². The van der Waals surface area contributed by atoms with Crippen LogP contribution in [0.2, 0.25) is 0 Å². The van der Waals surface area contributed by atoms with Gasteiger partial charge in [0.1, 0.15) is 5.75 Å². The fourth-order valence-corrected chi connectivity index (χ4v) is 1.58. The van der Waals surface area contributed by atoms with Crippen LogP contribution in [-0.2, 0) is 6.54 Å². The zero-order valence-electron chi connectivity index (χ0n) is 9.90. The third-order valence-electron chi connectivity index (χ3n) is 3.11. The summed E-state index contributed by atoms with van der Waals surface area (Å²) in [4.78, 5) is 4.09. The molecule has 90 valence electrons. The Morgan fingerprint density at radius 1 is 1.31 bits per heavy atom. The lowest BCUT2D eigenvalue weighted by molar-refractivity contribution is 0.149. The third-order valence-corrected chi connectivity index (χ3v) is 3.11. The first-order chi connectivity index (χ1) is 7.65. The van der Waals surface area contributed by atoms with Gasteiger partial charge in [0.2, 0.25) is 0 Å². The second kappa shape index (κ2) is 5.82. The molecule has 0 aliphatic heterocycles. The van der Waals surface area contributed by atoms with E-state index in [2.05, 4.69) is 24.1 Å². The Morgan fingerprint density at radius 3 is 2.44 bits per heavy atom.